The van der Waals surface area contributed by atoms with Gasteiger partial charge < -0.3 is 15.3 Å². The minimum Gasteiger partial charge on any atom is -0.480 e. The van der Waals surface area contributed by atoms with E-state index in [0.29, 0.717) is 17.8 Å². The third kappa shape index (κ3) is 2.58. The molecule has 4 atom stereocenters. The Morgan fingerprint density at radius 2 is 2.08 bits per heavy atom. The number of benzene rings is 1. The van der Waals surface area contributed by atoms with Gasteiger partial charge in [-0.3, -0.25) is 9.59 Å². The molecule has 2 amide bonds. The number of fused-ring (bicyclic) bond motifs is 2. The third-order valence-electron chi connectivity index (χ3n) is 5.78. The normalized spacial score (nSPS) is 30.6. The Kier molecular flexibility index (Phi) is 3.74. The number of likely N-dealkylation sites (tertiary alicyclic amines) is 1. The number of nitrogens with zero attached hydrogens (tertiary/aromatic N) is 1. The number of rotatable bonds is 2. The van der Waals surface area contributed by atoms with Gasteiger partial charge in [-0.15, -0.1) is 0 Å². The molecule has 4 unspecified atom stereocenters. The molecule has 1 saturated carbocycles. The Labute approximate surface area is 144 Å². The van der Waals surface area contributed by atoms with Crippen molar-refractivity contribution >= 4 is 23.5 Å². The maximum absolute atomic E-state index is 13.5. The predicted molar refractivity (Wildman–Crippen MR) is 86.4 cm³/mol. The Bertz CT molecular complexity index is 765. The van der Waals surface area contributed by atoms with Crippen LogP contribution in [0.25, 0.3) is 0 Å². The number of nitrogens with one attached hydrogen (secondary N) is 1. The smallest absolute Gasteiger partial charge is 0.326 e. The standard InChI is InChI=1S/C18H19FN2O4/c19-10-4-5-12-13(7-15(22)20-14(12)6-10)17(23)21-8-9-2-1-3-11(9)16(21)18(24)25/h4-6,9,11,13,16H,1-3,7-8H2,(H,20,22)(H,24,25). The Hall–Kier alpha value is -2.44. The average molecular weight is 346 g/mol. The number of hydrogen-bond acceptors (Lipinski definition) is 3. The van der Waals surface area contributed by atoms with Crippen molar-refractivity contribution in [2.75, 3.05) is 11.9 Å². The fraction of sp³-hybridized carbons (Fsp3) is 0.500. The number of amides is 2. The molecule has 1 aromatic rings. The zero-order chi connectivity index (χ0) is 17.7. The molecule has 0 spiro atoms. The first kappa shape index (κ1) is 16.1. The molecule has 3 aliphatic rings. The highest BCUT2D eigenvalue weighted by atomic mass is 19.1. The quantitative estimate of drug-likeness (QED) is 0.857. The van der Waals surface area contributed by atoms with Crippen molar-refractivity contribution in [1.29, 1.82) is 0 Å². The van der Waals surface area contributed by atoms with Gasteiger partial charge >= 0.3 is 5.97 Å². The molecule has 0 bridgehead atoms. The zero-order valence-electron chi connectivity index (χ0n) is 13.6. The van der Waals surface area contributed by atoms with E-state index in [1.54, 1.807) is 0 Å². The summed E-state index contributed by atoms with van der Waals surface area (Å²) in [5, 5.41) is 12.2. The van der Waals surface area contributed by atoms with Crippen molar-refractivity contribution in [3.05, 3.63) is 29.6 Å². The molecule has 2 N–H and O–H groups in total. The molecule has 0 aromatic heterocycles. The van der Waals surface area contributed by atoms with E-state index in [1.807, 2.05) is 0 Å². The molecule has 1 aliphatic carbocycles. The first-order valence-corrected chi connectivity index (χ1v) is 8.58. The van der Waals surface area contributed by atoms with Crippen molar-refractivity contribution in [3.63, 3.8) is 0 Å². The topological polar surface area (TPSA) is 86.7 Å². The van der Waals surface area contributed by atoms with Crippen LogP contribution in [-0.4, -0.2) is 40.4 Å². The highest BCUT2D eigenvalue weighted by Crippen LogP contribution is 2.44. The van der Waals surface area contributed by atoms with Crippen LogP contribution in [0.15, 0.2) is 18.2 Å². The van der Waals surface area contributed by atoms with E-state index < -0.39 is 23.7 Å². The van der Waals surface area contributed by atoms with Crippen molar-refractivity contribution < 1.29 is 23.9 Å². The van der Waals surface area contributed by atoms with Crippen LogP contribution in [0.3, 0.4) is 0 Å². The van der Waals surface area contributed by atoms with E-state index in [-0.39, 0.29) is 30.1 Å². The summed E-state index contributed by atoms with van der Waals surface area (Å²) in [6.45, 7) is 0.426. The molecular formula is C18H19FN2O4. The SMILES string of the molecule is O=C1CC(C(=O)N2CC3CCCC3C2C(=O)O)c2ccc(F)cc2N1. The first-order chi connectivity index (χ1) is 12.0. The van der Waals surface area contributed by atoms with Gasteiger partial charge in [0.15, 0.2) is 0 Å². The van der Waals surface area contributed by atoms with E-state index in [9.17, 15) is 23.9 Å². The summed E-state index contributed by atoms with van der Waals surface area (Å²) in [6, 6.07) is 3.12. The molecule has 6 nitrogen and oxygen atoms in total. The van der Waals surface area contributed by atoms with Gasteiger partial charge in [0.05, 0.1) is 5.92 Å². The summed E-state index contributed by atoms with van der Waals surface area (Å²) in [7, 11) is 0. The Morgan fingerprint density at radius 3 is 2.84 bits per heavy atom. The third-order valence-corrected chi connectivity index (χ3v) is 5.78. The minimum absolute atomic E-state index is 0.00782. The molecule has 132 valence electrons. The molecule has 1 aromatic carbocycles. The van der Waals surface area contributed by atoms with E-state index in [1.165, 1.54) is 23.1 Å². The molecule has 0 radical (unpaired) electrons. The summed E-state index contributed by atoms with van der Waals surface area (Å²) in [6.07, 6.45) is 2.70. The monoisotopic (exact) mass is 346 g/mol. The summed E-state index contributed by atoms with van der Waals surface area (Å²) in [5.74, 6) is -2.73. The number of carbonyl (C=O) groups is 3. The van der Waals surface area contributed by atoms with Crippen molar-refractivity contribution in [1.82, 2.24) is 4.90 Å². The highest BCUT2D eigenvalue weighted by molar-refractivity contribution is 6.02. The molecule has 2 heterocycles. The molecule has 2 fully saturated rings. The van der Waals surface area contributed by atoms with E-state index in [2.05, 4.69) is 5.32 Å². The Morgan fingerprint density at radius 1 is 1.28 bits per heavy atom. The van der Waals surface area contributed by atoms with Crippen LogP contribution in [-0.2, 0) is 14.4 Å². The van der Waals surface area contributed by atoms with Gasteiger partial charge in [0.2, 0.25) is 11.8 Å². The summed E-state index contributed by atoms with van der Waals surface area (Å²) in [4.78, 5) is 38.3. The summed E-state index contributed by atoms with van der Waals surface area (Å²) in [5.41, 5.74) is 0.841. The lowest BCUT2D eigenvalue weighted by molar-refractivity contribution is -0.150. The summed E-state index contributed by atoms with van der Waals surface area (Å²) < 4.78 is 13.5. The van der Waals surface area contributed by atoms with Crippen molar-refractivity contribution in [2.24, 2.45) is 11.8 Å². The van der Waals surface area contributed by atoms with Crippen LogP contribution in [0.1, 0.15) is 37.2 Å². The van der Waals surface area contributed by atoms with Crippen LogP contribution in [0.2, 0.25) is 0 Å². The van der Waals surface area contributed by atoms with Gasteiger partial charge in [-0.2, -0.15) is 0 Å². The number of carboxylic acid groups (broad SMARTS) is 1. The van der Waals surface area contributed by atoms with Gasteiger partial charge in [0, 0.05) is 18.7 Å². The molecule has 25 heavy (non-hydrogen) atoms. The second-order valence-corrected chi connectivity index (χ2v) is 7.16. The largest absolute Gasteiger partial charge is 0.480 e. The average Bonchev–Trinajstić information content (AvgIpc) is 3.12. The van der Waals surface area contributed by atoms with E-state index in [0.717, 1.165) is 19.3 Å². The van der Waals surface area contributed by atoms with Gasteiger partial charge in [-0.1, -0.05) is 12.5 Å². The lowest BCUT2D eigenvalue weighted by Crippen LogP contribution is -2.46. The second kappa shape index (κ2) is 5.82. The number of hydrogen-bond donors (Lipinski definition) is 2. The van der Waals surface area contributed by atoms with Gasteiger partial charge in [-0.25, -0.2) is 9.18 Å². The van der Waals surface area contributed by atoms with Crippen molar-refractivity contribution in [2.45, 2.75) is 37.6 Å². The molecule has 2 aliphatic heterocycles. The lowest BCUT2D eigenvalue weighted by Gasteiger charge is -2.31. The Balaban J connectivity index is 1.67. The fourth-order valence-electron chi connectivity index (χ4n) is 4.71. The minimum atomic E-state index is -0.984. The predicted octanol–water partition coefficient (Wildman–Crippen LogP) is 1.96. The number of aliphatic carboxylic acids is 1. The van der Waals surface area contributed by atoms with Crippen LogP contribution >= 0.6 is 0 Å². The number of carbonyl (C=O) groups excluding carboxylic acids is 2. The molecule has 1 saturated heterocycles. The van der Waals surface area contributed by atoms with Gasteiger partial charge in [0.25, 0.3) is 0 Å². The number of halogens is 1. The number of carboxylic acids is 1. The first-order valence-electron chi connectivity index (χ1n) is 8.58. The van der Waals surface area contributed by atoms with Crippen LogP contribution in [0.5, 0.6) is 0 Å². The van der Waals surface area contributed by atoms with Gasteiger partial charge in [-0.05, 0) is 42.4 Å². The summed E-state index contributed by atoms with van der Waals surface area (Å²) >= 11 is 0. The molecule has 7 heteroatoms. The maximum atomic E-state index is 13.5. The van der Waals surface area contributed by atoms with Gasteiger partial charge in [0.1, 0.15) is 11.9 Å². The second-order valence-electron chi connectivity index (χ2n) is 7.16. The van der Waals surface area contributed by atoms with Crippen molar-refractivity contribution in [3.8, 4) is 0 Å². The molecule has 4 rings (SSSR count). The highest BCUT2D eigenvalue weighted by Gasteiger charge is 2.51. The fourth-order valence-corrected chi connectivity index (χ4v) is 4.71. The van der Waals surface area contributed by atoms with Crippen LogP contribution in [0.4, 0.5) is 10.1 Å². The van der Waals surface area contributed by atoms with Crippen LogP contribution in [0, 0.1) is 17.7 Å². The number of anilines is 1. The molecular weight excluding hydrogens is 327 g/mol. The maximum Gasteiger partial charge on any atom is 0.326 e. The van der Waals surface area contributed by atoms with E-state index >= 15 is 0 Å². The van der Waals surface area contributed by atoms with Crippen LogP contribution < -0.4 is 5.32 Å². The van der Waals surface area contributed by atoms with E-state index in [4.69, 9.17) is 0 Å². The lowest BCUT2D eigenvalue weighted by atomic mass is 9.88. The zero-order valence-corrected chi connectivity index (χ0v) is 13.6.